The molecule has 13 heavy (non-hydrogen) atoms. The third kappa shape index (κ3) is 3.83. The molecule has 1 N–H and O–H groups in total. The largest absolute Gasteiger partial charge is 0.388 e. The molecule has 1 nitrogen and oxygen atoms in total. The molecule has 0 bridgehead atoms. The number of aliphatic hydroxyl groups excluding tert-OH is 1. The lowest BCUT2D eigenvalue weighted by atomic mass is 10.1. The van der Waals surface area contributed by atoms with Crippen molar-refractivity contribution in [2.75, 3.05) is 12.0 Å². The fourth-order valence-electron chi connectivity index (χ4n) is 1.26. The van der Waals surface area contributed by atoms with Gasteiger partial charge in [-0.1, -0.05) is 30.3 Å². The summed E-state index contributed by atoms with van der Waals surface area (Å²) in [6, 6.07) is 9.85. The molecule has 0 radical (unpaired) electrons. The summed E-state index contributed by atoms with van der Waals surface area (Å²) < 4.78 is 0. The molecule has 0 aliphatic heterocycles. The van der Waals surface area contributed by atoms with Gasteiger partial charge in [-0.25, -0.2) is 0 Å². The molecular formula is C11H16OS. The van der Waals surface area contributed by atoms with E-state index in [9.17, 15) is 5.11 Å². The van der Waals surface area contributed by atoms with Gasteiger partial charge in [0.15, 0.2) is 0 Å². The van der Waals surface area contributed by atoms with Crippen LogP contribution in [-0.4, -0.2) is 17.1 Å². The van der Waals surface area contributed by atoms with Crippen molar-refractivity contribution < 1.29 is 5.11 Å². The van der Waals surface area contributed by atoms with Gasteiger partial charge in [0, 0.05) is 0 Å². The van der Waals surface area contributed by atoms with Gasteiger partial charge in [0.05, 0.1) is 6.10 Å². The van der Waals surface area contributed by atoms with Gasteiger partial charge < -0.3 is 5.11 Å². The molecule has 0 saturated heterocycles. The summed E-state index contributed by atoms with van der Waals surface area (Å²) in [5.74, 6) is 1.13. The average Bonchev–Trinajstić information content (AvgIpc) is 2.19. The molecule has 0 saturated carbocycles. The second-order valence-corrected chi connectivity index (χ2v) is 4.05. The zero-order valence-corrected chi connectivity index (χ0v) is 8.76. The third-order valence-corrected chi connectivity index (χ3v) is 2.71. The van der Waals surface area contributed by atoms with Crippen LogP contribution in [0.15, 0.2) is 30.3 Å². The number of aliphatic hydroxyl groups is 1. The fraction of sp³-hybridized carbons (Fsp3) is 0.455. The van der Waals surface area contributed by atoms with Gasteiger partial charge >= 0.3 is 0 Å². The average molecular weight is 196 g/mol. The van der Waals surface area contributed by atoms with E-state index in [1.807, 2.05) is 42.1 Å². The van der Waals surface area contributed by atoms with E-state index in [1.165, 1.54) is 0 Å². The molecule has 0 amide bonds. The van der Waals surface area contributed by atoms with Crippen molar-refractivity contribution in [3.05, 3.63) is 35.9 Å². The zero-order chi connectivity index (χ0) is 9.52. The Bertz CT molecular complexity index is 223. The molecule has 1 aromatic rings. The van der Waals surface area contributed by atoms with Crippen LogP contribution >= 0.6 is 11.8 Å². The van der Waals surface area contributed by atoms with E-state index in [0.717, 1.165) is 24.2 Å². The first-order valence-corrected chi connectivity index (χ1v) is 5.96. The highest BCUT2D eigenvalue weighted by molar-refractivity contribution is 7.98. The van der Waals surface area contributed by atoms with Crippen LogP contribution < -0.4 is 0 Å². The maximum atomic E-state index is 9.74. The Morgan fingerprint density at radius 1 is 1.31 bits per heavy atom. The van der Waals surface area contributed by atoms with Crippen LogP contribution in [0.25, 0.3) is 0 Å². The number of rotatable bonds is 5. The molecule has 0 aromatic heterocycles. The van der Waals surface area contributed by atoms with Crippen LogP contribution in [0.2, 0.25) is 0 Å². The quantitative estimate of drug-likeness (QED) is 0.731. The molecule has 0 fully saturated rings. The summed E-state index contributed by atoms with van der Waals surface area (Å²) in [5, 5.41) is 9.74. The second-order valence-electron chi connectivity index (χ2n) is 3.06. The van der Waals surface area contributed by atoms with Gasteiger partial charge in [-0.3, -0.25) is 0 Å². The van der Waals surface area contributed by atoms with E-state index in [0.29, 0.717) is 0 Å². The minimum Gasteiger partial charge on any atom is -0.388 e. The summed E-state index contributed by atoms with van der Waals surface area (Å²) in [5.41, 5.74) is 1.03. The molecule has 0 heterocycles. The summed E-state index contributed by atoms with van der Waals surface area (Å²) in [4.78, 5) is 0. The standard InChI is InChI=1S/C11H16OS/c1-13-9-5-8-11(12)10-6-3-2-4-7-10/h2-4,6-7,11-12H,5,8-9H2,1H3. The van der Waals surface area contributed by atoms with Gasteiger partial charge in [-0.05, 0) is 30.4 Å². The molecule has 0 spiro atoms. The molecule has 0 aliphatic rings. The van der Waals surface area contributed by atoms with Gasteiger partial charge in [0.25, 0.3) is 0 Å². The molecule has 1 rings (SSSR count). The van der Waals surface area contributed by atoms with Gasteiger partial charge in [-0.15, -0.1) is 0 Å². The third-order valence-electron chi connectivity index (χ3n) is 2.01. The lowest BCUT2D eigenvalue weighted by molar-refractivity contribution is 0.167. The Morgan fingerprint density at radius 2 is 2.00 bits per heavy atom. The highest BCUT2D eigenvalue weighted by Gasteiger charge is 2.04. The van der Waals surface area contributed by atoms with Crippen LogP contribution in [0.3, 0.4) is 0 Å². The maximum Gasteiger partial charge on any atom is 0.0790 e. The number of benzene rings is 1. The Balaban J connectivity index is 2.35. The van der Waals surface area contributed by atoms with Gasteiger partial charge in [-0.2, -0.15) is 11.8 Å². The predicted octanol–water partition coefficient (Wildman–Crippen LogP) is 2.86. The Kier molecular flexibility index (Phi) is 4.94. The van der Waals surface area contributed by atoms with Crippen molar-refractivity contribution in [3.63, 3.8) is 0 Å². The first-order chi connectivity index (χ1) is 6.34. The Morgan fingerprint density at radius 3 is 2.62 bits per heavy atom. The molecule has 2 heteroatoms. The SMILES string of the molecule is CSCCCC(O)c1ccccc1. The molecule has 0 aliphatic carbocycles. The lowest BCUT2D eigenvalue weighted by Gasteiger charge is -2.09. The monoisotopic (exact) mass is 196 g/mol. The molecular weight excluding hydrogens is 180 g/mol. The minimum absolute atomic E-state index is 0.284. The van der Waals surface area contributed by atoms with E-state index in [-0.39, 0.29) is 6.10 Å². The van der Waals surface area contributed by atoms with Crippen molar-refractivity contribution in [1.82, 2.24) is 0 Å². The van der Waals surface area contributed by atoms with Crippen molar-refractivity contribution in [2.45, 2.75) is 18.9 Å². The fourth-order valence-corrected chi connectivity index (χ4v) is 1.72. The number of hydrogen-bond acceptors (Lipinski definition) is 2. The molecule has 72 valence electrons. The van der Waals surface area contributed by atoms with E-state index in [1.54, 1.807) is 0 Å². The minimum atomic E-state index is -0.284. The van der Waals surface area contributed by atoms with Crippen LogP contribution in [-0.2, 0) is 0 Å². The van der Waals surface area contributed by atoms with E-state index in [2.05, 4.69) is 6.26 Å². The number of hydrogen-bond donors (Lipinski definition) is 1. The van der Waals surface area contributed by atoms with Crippen molar-refractivity contribution in [1.29, 1.82) is 0 Å². The smallest absolute Gasteiger partial charge is 0.0790 e. The van der Waals surface area contributed by atoms with Gasteiger partial charge in [0.1, 0.15) is 0 Å². The van der Waals surface area contributed by atoms with Crippen LogP contribution in [0.5, 0.6) is 0 Å². The highest BCUT2D eigenvalue weighted by Crippen LogP contribution is 2.18. The van der Waals surface area contributed by atoms with Gasteiger partial charge in [0.2, 0.25) is 0 Å². The predicted molar refractivity (Wildman–Crippen MR) is 59.0 cm³/mol. The summed E-state index contributed by atoms with van der Waals surface area (Å²) >= 11 is 1.83. The summed E-state index contributed by atoms with van der Waals surface area (Å²) in [6.07, 6.45) is 3.75. The van der Waals surface area contributed by atoms with E-state index in [4.69, 9.17) is 0 Å². The van der Waals surface area contributed by atoms with Crippen LogP contribution in [0.4, 0.5) is 0 Å². The van der Waals surface area contributed by atoms with Crippen LogP contribution in [0, 0.1) is 0 Å². The van der Waals surface area contributed by atoms with Crippen molar-refractivity contribution in [2.24, 2.45) is 0 Å². The maximum absolute atomic E-state index is 9.74. The molecule has 1 aromatic carbocycles. The zero-order valence-electron chi connectivity index (χ0n) is 7.94. The molecule has 1 unspecified atom stereocenters. The summed E-state index contributed by atoms with van der Waals surface area (Å²) in [6.45, 7) is 0. The molecule has 1 atom stereocenters. The van der Waals surface area contributed by atoms with E-state index >= 15 is 0 Å². The second kappa shape index (κ2) is 6.06. The normalized spacial score (nSPS) is 12.8. The summed E-state index contributed by atoms with van der Waals surface area (Å²) in [7, 11) is 0. The van der Waals surface area contributed by atoms with Crippen LogP contribution in [0.1, 0.15) is 24.5 Å². The number of thioether (sulfide) groups is 1. The first-order valence-electron chi connectivity index (χ1n) is 4.56. The van der Waals surface area contributed by atoms with E-state index < -0.39 is 0 Å². The lowest BCUT2D eigenvalue weighted by Crippen LogP contribution is -1.97. The topological polar surface area (TPSA) is 20.2 Å². The first kappa shape index (κ1) is 10.6. The highest BCUT2D eigenvalue weighted by atomic mass is 32.2. The van der Waals surface area contributed by atoms with Crippen molar-refractivity contribution in [3.8, 4) is 0 Å². The Labute approximate surface area is 84.2 Å². The van der Waals surface area contributed by atoms with Crippen molar-refractivity contribution >= 4 is 11.8 Å². The Hall–Kier alpha value is -0.470.